The van der Waals surface area contributed by atoms with Crippen molar-refractivity contribution in [1.82, 2.24) is 0 Å². The van der Waals surface area contributed by atoms with E-state index in [1.54, 1.807) is 0 Å². The molecule has 2 heteroatoms. The lowest BCUT2D eigenvalue weighted by atomic mass is 9.75. The van der Waals surface area contributed by atoms with E-state index in [0.29, 0.717) is 11.8 Å². The van der Waals surface area contributed by atoms with Crippen molar-refractivity contribution in [3.05, 3.63) is 29.8 Å². The lowest BCUT2D eigenvalue weighted by Gasteiger charge is -2.30. The maximum absolute atomic E-state index is 6.11. The largest absolute Gasteiger partial charge is 0.465 e. The topological polar surface area (TPSA) is 18.5 Å². The summed E-state index contributed by atoms with van der Waals surface area (Å²) < 4.78 is 12.2. The summed E-state index contributed by atoms with van der Waals surface area (Å²) in [6, 6.07) is 8.67. The molecule has 1 aromatic rings. The minimum Gasteiger partial charge on any atom is -0.465 e. The fourth-order valence-electron chi connectivity index (χ4n) is 4.25. The van der Waals surface area contributed by atoms with Crippen molar-refractivity contribution in [3.8, 4) is 5.75 Å². The molecule has 1 aromatic carbocycles. The molecule has 0 amide bonds. The third-order valence-corrected chi connectivity index (χ3v) is 5.99. The molecular formula is C24H40O2. The van der Waals surface area contributed by atoms with Crippen LogP contribution in [0.1, 0.15) is 91.5 Å². The van der Waals surface area contributed by atoms with Crippen LogP contribution in [0.4, 0.5) is 0 Å². The molecule has 0 aliphatic heterocycles. The van der Waals surface area contributed by atoms with Crippen molar-refractivity contribution in [2.45, 2.75) is 92.3 Å². The van der Waals surface area contributed by atoms with Gasteiger partial charge in [-0.3, -0.25) is 0 Å². The molecule has 0 spiro atoms. The molecule has 1 aliphatic carbocycles. The van der Waals surface area contributed by atoms with E-state index in [-0.39, 0.29) is 11.7 Å². The molecular weight excluding hydrogens is 320 g/mol. The number of rotatable bonds is 8. The summed E-state index contributed by atoms with van der Waals surface area (Å²) in [5.74, 6) is 3.09. The molecule has 1 aliphatic rings. The van der Waals surface area contributed by atoms with E-state index in [4.69, 9.17) is 9.47 Å². The monoisotopic (exact) mass is 360 g/mol. The maximum atomic E-state index is 6.11. The van der Waals surface area contributed by atoms with Gasteiger partial charge < -0.3 is 9.47 Å². The summed E-state index contributed by atoms with van der Waals surface area (Å²) in [6.45, 7) is 14.6. The van der Waals surface area contributed by atoms with Gasteiger partial charge in [-0.2, -0.15) is 0 Å². The van der Waals surface area contributed by atoms with Crippen LogP contribution < -0.4 is 4.74 Å². The Morgan fingerprint density at radius 1 is 0.962 bits per heavy atom. The van der Waals surface area contributed by atoms with Gasteiger partial charge in [0.2, 0.25) is 0 Å². The Bertz CT molecular complexity index is 506. The fraction of sp³-hybridized carbons (Fsp3) is 0.750. The zero-order valence-corrected chi connectivity index (χ0v) is 17.9. The molecule has 0 saturated heterocycles. The van der Waals surface area contributed by atoms with Crippen molar-refractivity contribution in [2.24, 2.45) is 17.3 Å². The van der Waals surface area contributed by atoms with E-state index in [2.05, 4.69) is 65.8 Å². The molecule has 0 N–H and O–H groups in total. The van der Waals surface area contributed by atoms with Crippen LogP contribution in [0.2, 0.25) is 0 Å². The molecule has 1 saturated carbocycles. The third-order valence-electron chi connectivity index (χ3n) is 5.99. The predicted molar refractivity (Wildman–Crippen MR) is 111 cm³/mol. The van der Waals surface area contributed by atoms with Gasteiger partial charge in [0.25, 0.3) is 0 Å². The minimum atomic E-state index is -0.134. The summed E-state index contributed by atoms with van der Waals surface area (Å²) in [4.78, 5) is 0. The molecule has 2 nitrogen and oxygen atoms in total. The Morgan fingerprint density at radius 3 is 2.08 bits per heavy atom. The van der Waals surface area contributed by atoms with Crippen molar-refractivity contribution < 1.29 is 9.47 Å². The molecule has 0 heterocycles. The second-order valence-electron chi connectivity index (χ2n) is 9.31. The summed E-state index contributed by atoms with van der Waals surface area (Å²) in [7, 11) is 0. The first-order valence-corrected chi connectivity index (χ1v) is 10.7. The Labute approximate surface area is 161 Å². The number of ether oxygens (including phenoxy) is 2. The standard InChI is InChI=1S/C24H40O2/c1-7-22(24(4,5)6)20-13-15-21(16-14-20)26-23(8-2)25-17-19-11-9-18(3)10-12-19/h13-16,18-19,22-23H,7-12,17H2,1-6H3. The molecule has 0 radical (unpaired) electrons. The van der Waals surface area contributed by atoms with Crippen molar-refractivity contribution in [3.63, 3.8) is 0 Å². The Morgan fingerprint density at radius 2 is 1.58 bits per heavy atom. The smallest absolute Gasteiger partial charge is 0.199 e. The van der Waals surface area contributed by atoms with Gasteiger partial charge in [-0.15, -0.1) is 0 Å². The van der Waals surface area contributed by atoms with E-state index in [1.165, 1.54) is 31.2 Å². The van der Waals surface area contributed by atoms with E-state index in [1.807, 2.05) is 0 Å². The van der Waals surface area contributed by atoms with Gasteiger partial charge in [-0.1, -0.05) is 66.5 Å². The van der Waals surface area contributed by atoms with E-state index in [9.17, 15) is 0 Å². The zero-order chi connectivity index (χ0) is 19.2. The van der Waals surface area contributed by atoms with Crippen LogP contribution >= 0.6 is 0 Å². The number of benzene rings is 1. The number of hydrogen-bond donors (Lipinski definition) is 0. The van der Waals surface area contributed by atoms with Crippen LogP contribution in [-0.4, -0.2) is 12.9 Å². The summed E-state index contributed by atoms with van der Waals surface area (Å²) in [6.07, 6.45) is 7.20. The lowest BCUT2D eigenvalue weighted by molar-refractivity contribution is -0.0966. The highest BCUT2D eigenvalue weighted by Crippen LogP contribution is 2.38. The van der Waals surface area contributed by atoms with Crippen molar-refractivity contribution >= 4 is 0 Å². The van der Waals surface area contributed by atoms with Gasteiger partial charge in [-0.25, -0.2) is 0 Å². The first-order chi connectivity index (χ1) is 12.3. The zero-order valence-electron chi connectivity index (χ0n) is 17.9. The predicted octanol–water partition coefficient (Wildman–Crippen LogP) is 7.18. The van der Waals surface area contributed by atoms with Crippen molar-refractivity contribution in [2.75, 3.05) is 6.61 Å². The molecule has 0 bridgehead atoms. The highest BCUT2D eigenvalue weighted by atomic mass is 16.7. The highest BCUT2D eigenvalue weighted by molar-refractivity contribution is 5.30. The fourth-order valence-corrected chi connectivity index (χ4v) is 4.25. The van der Waals surface area contributed by atoms with E-state index >= 15 is 0 Å². The van der Waals surface area contributed by atoms with Crippen LogP contribution in [0.25, 0.3) is 0 Å². The van der Waals surface area contributed by atoms with Gasteiger partial charge in [0, 0.05) is 6.42 Å². The normalized spacial score (nSPS) is 23.5. The van der Waals surface area contributed by atoms with E-state index in [0.717, 1.165) is 31.1 Å². The molecule has 2 atom stereocenters. The van der Waals surface area contributed by atoms with Crippen LogP contribution in [0.3, 0.4) is 0 Å². The average molecular weight is 361 g/mol. The van der Waals surface area contributed by atoms with Gasteiger partial charge >= 0.3 is 0 Å². The van der Waals surface area contributed by atoms with Crippen LogP contribution in [0, 0.1) is 17.3 Å². The molecule has 148 valence electrons. The Hall–Kier alpha value is -1.02. The van der Waals surface area contributed by atoms with Gasteiger partial charge in [0.1, 0.15) is 5.75 Å². The Kier molecular flexibility index (Phi) is 8.01. The highest BCUT2D eigenvalue weighted by Gasteiger charge is 2.24. The summed E-state index contributed by atoms with van der Waals surface area (Å²) in [5.41, 5.74) is 1.68. The van der Waals surface area contributed by atoms with E-state index < -0.39 is 0 Å². The molecule has 2 unspecified atom stereocenters. The molecule has 1 fully saturated rings. The van der Waals surface area contributed by atoms with Crippen LogP contribution in [0.5, 0.6) is 5.75 Å². The molecule has 0 aromatic heterocycles. The lowest BCUT2D eigenvalue weighted by Crippen LogP contribution is -2.25. The second-order valence-corrected chi connectivity index (χ2v) is 9.31. The Balaban J connectivity index is 1.87. The van der Waals surface area contributed by atoms with Crippen LogP contribution in [0.15, 0.2) is 24.3 Å². The quantitative estimate of drug-likeness (QED) is 0.457. The van der Waals surface area contributed by atoms with Gasteiger partial charge in [-0.05, 0) is 60.1 Å². The average Bonchev–Trinajstić information content (AvgIpc) is 2.60. The first-order valence-electron chi connectivity index (χ1n) is 10.7. The minimum absolute atomic E-state index is 0.134. The summed E-state index contributed by atoms with van der Waals surface area (Å²) in [5, 5.41) is 0. The third kappa shape index (κ3) is 6.30. The first kappa shape index (κ1) is 21.3. The van der Waals surface area contributed by atoms with Crippen LogP contribution in [-0.2, 0) is 4.74 Å². The molecule has 26 heavy (non-hydrogen) atoms. The SMILES string of the molecule is CCC(OCC1CCC(C)CC1)Oc1ccc(C(CC)C(C)(C)C)cc1. The number of hydrogen-bond acceptors (Lipinski definition) is 2. The summed E-state index contributed by atoms with van der Waals surface area (Å²) >= 11 is 0. The van der Waals surface area contributed by atoms with Gasteiger partial charge in [0.05, 0.1) is 6.61 Å². The van der Waals surface area contributed by atoms with Crippen molar-refractivity contribution in [1.29, 1.82) is 0 Å². The second kappa shape index (κ2) is 9.78. The molecule has 2 rings (SSSR count). The maximum Gasteiger partial charge on any atom is 0.199 e. The van der Waals surface area contributed by atoms with Gasteiger partial charge in [0.15, 0.2) is 6.29 Å².